The van der Waals surface area contributed by atoms with Gasteiger partial charge in [0.05, 0.1) is 0 Å². The number of nitrogen functional groups attached to an aromatic ring is 1. The van der Waals surface area contributed by atoms with E-state index in [-0.39, 0.29) is 23.2 Å². The fourth-order valence-corrected chi connectivity index (χ4v) is 1.73. The second kappa shape index (κ2) is 5.09. The van der Waals surface area contributed by atoms with E-state index in [1.807, 2.05) is 0 Å². The molecule has 5 nitrogen and oxygen atoms in total. The van der Waals surface area contributed by atoms with E-state index in [9.17, 15) is 4.39 Å². The van der Waals surface area contributed by atoms with Crippen LogP contribution in [0.4, 0.5) is 4.39 Å². The van der Waals surface area contributed by atoms with Crippen molar-refractivity contribution in [2.45, 2.75) is 0 Å². The first kappa shape index (κ1) is 12.4. The highest BCUT2D eigenvalue weighted by Crippen LogP contribution is 2.25. The summed E-state index contributed by atoms with van der Waals surface area (Å²) in [4.78, 5) is 7.79. The van der Waals surface area contributed by atoms with Crippen LogP contribution in [-0.2, 0) is 0 Å². The lowest BCUT2D eigenvalue weighted by Gasteiger charge is -2.08. The van der Waals surface area contributed by atoms with Crippen LogP contribution in [0.2, 0.25) is 0 Å². The molecule has 2 aromatic rings. The van der Waals surface area contributed by atoms with Gasteiger partial charge in [-0.3, -0.25) is 5.41 Å². The second-order valence-electron chi connectivity index (χ2n) is 3.33. The molecule has 1 heterocycles. The standard InChI is InChI=1S/C11H8BrFN4O/c12-6-3-7(13)5-8(4-6)18-11-9(10(14)15)16-1-2-17-11/h1-5H,(H3,14,15). The number of nitrogens with one attached hydrogen (secondary N) is 1. The molecule has 2 rings (SSSR count). The Kier molecular flexibility index (Phi) is 3.52. The van der Waals surface area contributed by atoms with Crippen LogP contribution in [0.15, 0.2) is 35.1 Å². The second-order valence-corrected chi connectivity index (χ2v) is 4.25. The molecule has 0 saturated carbocycles. The SMILES string of the molecule is N=C(N)c1nccnc1Oc1cc(F)cc(Br)c1. The number of benzene rings is 1. The van der Waals surface area contributed by atoms with Crippen molar-refractivity contribution in [1.82, 2.24) is 9.97 Å². The molecule has 0 amide bonds. The number of nitrogens with two attached hydrogens (primary N) is 1. The molecule has 0 saturated heterocycles. The maximum Gasteiger partial charge on any atom is 0.249 e. The lowest BCUT2D eigenvalue weighted by Crippen LogP contribution is -2.15. The van der Waals surface area contributed by atoms with Crippen LogP contribution in [-0.4, -0.2) is 15.8 Å². The number of halogens is 2. The quantitative estimate of drug-likeness (QED) is 0.673. The van der Waals surface area contributed by atoms with Crippen molar-refractivity contribution in [3.05, 3.63) is 46.6 Å². The summed E-state index contributed by atoms with van der Waals surface area (Å²) in [5.74, 6) is -0.423. The van der Waals surface area contributed by atoms with Gasteiger partial charge in [-0.1, -0.05) is 15.9 Å². The number of rotatable bonds is 3. The minimum atomic E-state index is -0.451. The maximum absolute atomic E-state index is 13.2. The van der Waals surface area contributed by atoms with Crippen LogP contribution >= 0.6 is 15.9 Å². The average Bonchev–Trinajstić information content (AvgIpc) is 2.27. The molecule has 0 atom stereocenters. The van der Waals surface area contributed by atoms with Crippen LogP contribution in [0, 0.1) is 11.2 Å². The van der Waals surface area contributed by atoms with Gasteiger partial charge in [0.1, 0.15) is 17.4 Å². The van der Waals surface area contributed by atoms with Gasteiger partial charge in [-0.05, 0) is 12.1 Å². The summed E-state index contributed by atoms with van der Waals surface area (Å²) in [7, 11) is 0. The van der Waals surface area contributed by atoms with Crippen LogP contribution < -0.4 is 10.5 Å². The normalized spacial score (nSPS) is 10.1. The zero-order valence-corrected chi connectivity index (χ0v) is 10.6. The summed E-state index contributed by atoms with van der Waals surface area (Å²) >= 11 is 3.15. The van der Waals surface area contributed by atoms with Gasteiger partial charge >= 0.3 is 0 Å². The third-order valence-corrected chi connectivity index (χ3v) is 2.43. The zero-order valence-electron chi connectivity index (χ0n) is 9.02. The van der Waals surface area contributed by atoms with E-state index < -0.39 is 5.82 Å². The smallest absolute Gasteiger partial charge is 0.249 e. The predicted molar refractivity (Wildman–Crippen MR) is 67.2 cm³/mol. The fraction of sp³-hybridized carbons (Fsp3) is 0. The molecule has 0 radical (unpaired) electrons. The number of nitrogens with zero attached hydrogens (tertiary/aromatic N) is 2. The Balaban J connectivity index is 2.37. The summed E-state index contributed by atoms with van der Waals surface area (Å²) in [5.41, 5.74) is 5.45. The Bertz CT molecular complexity index is 585. The number of hydrogen-bond acceptors (Lipinski definition) is 4. The third-order valence-electron chi connectivity index (χ3n) is 1.97. The fourth-order valence-electron chi connectivity index (χ4n) is 1.28. The first-order valence-electron chi connectivity index (χ1n) is 4.85. The van der Waals surface area contributed by atoms with E-state index in [0.29, 0.717) is 4.47 Å². The molecule has 3 N–H and O–H groups in total. The van der Waals surface area contributed by atoms with Gasteiger partial charge in [0, 0.05) is 22.9 Å². The van der Waals surface area contributed by atoms with E-state index in [0.717, 1.165) is 0 Å². The molecule has 0 bridgehead atoms. The van der Waals surface area contributed by atoms with Crippen molar-refractivity contribution in [3.63, 3.8) is 0 Å². The minimum absolute atomic E-state index is 0.0579. The van der Waals surface area contributed by atoms with E-state index in [2.05, 4.69) is 25.9 Å². The molecule has 0 aliphatic rings. The molecule has 0 aliphatic carbocycles. The number of amidine groups is 1. The van der Waals surface area contributed by atoms with Crippen molar-refractivity contribution in [3.8, 4) is 11.6 Å². The van der Waals surface area contributed by atoms with Crippen LogP contribution in [0.25, 0.3) is 0 Å². The van der Waals surface area contributed by atoms with Gasteiger partial charge in [-0.2, -0.15) is 0 Å². The van der Waals surface area contributed by atoms with Gasteiger partial charge in [0.2, 0.25) is 5.88 Å². The lowest BCUT2D eigenvalue weighted by molar-refractivity contribution is 0.453. The largest absolute Gasteiger partial charge is 0.437 e. The highest BCUT2D eigenvalue weighted by atomic mass is 79.9. The molecule has 0 aliphatic heterocycles. The van der Waals surface area contributed by atoms with Crippen molar-refractivity contribution < 1.29 is 9.13 Å². The number of hydrogen-bond donors (Lipinski definition) is 2. The van der Waals surface area contributed by atoms with E-state index in [4.69, 9.17) is 15.9 Å². The average molecular weight is 311 g/mol. The Morgan fingerprint density at radius 1 is 1.28 bits per heavy atom. The van der Waals surface area contributed by atoms with E-state index in [1.165, 1.54) is 24.5 Å². The molecule has 7 heteroatoms. The molecule has 18 heavy (non-hydrogen) atoms. The molecular formula is C11H8BrFN4O. The summed E-state index contributed by atoms with van der Waals surface area (Å²) in [6, 6.07) is 4.07. The van der Waals surface area contributed by atoms with Crippen molar-refractivity contribution >= 4 is 21.8 Å². The highest BCUT2D eigenvalue weighted by molar-refractivity contribution is 9.10. The first-order chi connectivity index (χ1) is 8.56. The number of aromatic nitrogens is 2. The first-order valence-corrected chi connectivity index (χ1v) is 5.65. The zero-order chi connectivity index (χ0) is 13.1. The van der Waals surface area contributed by atoms with Crippen LogP contribution in [0.5, 0.6) is 11.6 Å². The monoisotopic (exact) mass is 310 g/mol. The molecule has 0 fully saturated rings. The Hall–Kier alpha value is -2.02. The van der Waals surface area contributed by atoms with Gasteiger partial charge in [0.25, 0.3) is 0 Å². The molecular weight excluding hydrogens is 303 g/mol. The van der Waals surface area contributed by atoms with Gasteiger partial charge in [-0.25, -0.2) is 14.4 Å². The Morgan fingerprint density at radius 3 is 2.67 bits per heavy atom. The highest BCUT2D eigenvalue weighted by Gasteiger charge is 2.11. The lowest BCUT2D eigenvalue weighted by atomic mass is 10.3. The van der Waals surface area contributed by atoms with Crippen molar-refractivity contribution in [2.24, 2.45) is 5.73 Å². The molecule has 0 spiro atoms. The van der Waals surface area contributed by atoms with Crippen LogP contribution in [0.1, 0.15) is 5.69 Å². The Morgan fingerprint density at radius 2 is 2.00 bits per heavy atom. The van der Waals surface area contributed by atoms with Crippen molar-refractivity contribution in [1.29, 1.82) is 5.41 Å². The van der Waals surface area contributed by atoms with Gasteiger partial charge in [0.15, 0.2) is 5.69 Å². The summed E-state index contributed by atoms with van der Waals surface area (Å²) in [6.07, 6.45) is 2.79. The third kappa shape index (κ3) is 2.80. The number of ether oxygens (including phenoxy) is 1. The van der Waals surface area contributed by atoms with Gasteiger partial charge in [-0.15, -0.1) is 0 Å². The summed E-state index contributed by atoms with van der Waals surface area (Å²) in [5, 5.41) is 7.34. The van der Waals surface area contributed by atoms with Crippen LogP contribution in [0.3, 0.4) is 0 Å². The summed E-state index contributed by atoms with van der Waals surface area (Å²) in [6.45, 7) is 0. The van der Waals surface area contributed by atoms with E-state index in [1.54, 1.807) is 6.07 Å². The molecule has 1 aromatic heterocycles. The molecule has 1 aromatic carbocycles. The maximum atomic E-state index is 13.2. The summed E-state index contributed by atoms with van der Waals surface area (Å²) < 4.78 is 19.1. The predicted octanol–water partition coefficient (Wildman–Crippen LogP) is 2.45. The molecule has 0 unspecified atom stereocenters. The molecule has 92 valence electrons. The topological polar surface area (TPSA) is 84.9 Å². The Labute approximate surface area is 110 Å². The van der Waals surface area contributed by atoms with E-state index >= 15 is 0 Å². The van der Waals surface area contributed by atoms with Crippen molar-refractivity contribution in [2.75, 3.05) is 0 Å². The minimum Gasteiger partial charge on any atom is -0.437 e. The van der Waals surface area contributed by atoms with Gasteiger partial charge < -0.3 is 10.5 Å².